The van der Waals surface area contributed by atoms with Gasteiger partial charge < -0.3 is 10.8 Å². The summed E-state index contributed by atoms with van der Waals surface area (Å²) >= 11 is 0. The third kappa shape index (κ3) is 2.47. The number of nitrogens with two attached hydrogens (primary N) is 1. The Kier molecular flexibility index (Phi) is 4.05. The van der Waals surface area contributed by atoms with Crippen LogP contribution in [0.5, 0.6) is 0 Å². The fraction of sp³-hybridized carbons (Fsp3) is 0. The van der Waals surface area contributed by atoms with Crippen molar-refractivity contribution in [3.63, 3.8) is 0 Å². The maximum atomic E-state index is 10.3. The number of rotatable bonds is 1. The molecule has 0 spiro atoms. The van der Waals surface area contributed by atoms with E-state index in [2.05, 4.69) is 0 Å². The second-order valence-electron chi connectivity index (χ2n) is 1.89. The van der Waals surface area contributed by atoms with Crippen molar-refractivity contribution in [2.75, 3.05) is 5.73 Å². The molecule has 0 atom stereocenters. The van der Waals surface area contributed by atoms with Crippen LogP contribution in [0.1, 0.15) is 10.4 Å². The predicted molar refractivity (Wildman–Crippen MR) is 37.8 cm³/mol. The standard InChI is InChI=1S/C7H7NO2.Zr/c8-6-4-2-1-3-5(6)7(9)10;/h1-4H,8H2,(H,9,10);. The van der Waals surface area contributed by atoms with Gasteiger partial charge >= 0.3 is 5.97 Å². The molecule has 0 unspecified atom stereocenters. The quantitative estimate of drug-likeness (QED) is 0.704. The van der Waals surface area contributed by atoms with Gasteiger partial charge in [0.25, 0.3) is 0 Å². The maximum absolute atomic E-state index is 10.3. The van der Waals surface area contributed by atoms with E-state index in [1.807, 2.05) is 0 Å². The van der Waals surface area contributed by atoms with E-state index >= 15 is 0 Å². The fourth-order valence-electron chi connectivity index (χ4n) is 0.692. The molecule has 1 rings (SSSR count). The van der Waals surface area contributed by atoms with E-state index in [0.29, 0.717) is 5.69 Å². The zero-order valence-corrected chi connectivity index (χ0v) is 8.20. The molecule has 0 bridgehead atoms. The number of aromatic carboxylic acids is 1. The van der Waals surface area contributed by atoms with Crippen molar-refractivity contribution in [3.05, 3.63) is 29.8 Å². The van der Waals surface area contributed by atoms with Crippen molar-refractivity contribution in [2.45, 2.75) is 0 Å². The number of carbonyl (C=O) groups is 1. The minimum absolute atomic E-state index is 0. The van der Waals surface area contributed by atoms with Gasteiger partial charge in [-0.2, -0.15) is 0 Å². The number of benzene rings is 1. The van der Waals surface area contributed by atoms with E-state index in [0.717, 1.165) is 0 Å². The average molecular weight is 228 g/mol. The zero-order chi connectivity index (χ0) is 7.56. The van der Waals surface area contributed by atoms with Crippen molar-refractivity contribution in [2.24, 2.45) is 0 Å². The summed E-state index contributed by atoms with van der Waals surface area (Å²) in [5.41, 5.74) is 5.80. The summed E-state index contributed by atoms with van der Waals surface area (Å²) in [4.78, 5) is 10.3. The second-order valence-corrected chi connectivity index (χ2v) is 1.89. The van der Waals surface area contributed by atoms with Gasteiger partial charge in [-0.1, -0.05) is 12.1 Å². The average Bonchev–Trinajstić information content (AvgIpc) is 1.88. The summed E-state index contributed by atoms with van der Waals surface area (Å²) in [7, 11) is 0. The Bertz CT molecular complexity index is 262. The van der Waals surface area contributed by atoms with Crippen LogP contribution in [0.15, 0.2) is 24.3 Å². The van der Waals surface area contributed by atoms with Crippen LogP contribution < -0.4 is 5.73 Å². The summed E-state index contributed by atoms with van der Waals surface area (Å²) < 4.78 is 0. The molecule has 0 fully saturated rings. The molecule has 3 nitrogen and oxygen atoms in total. The number of nitrogen functional groups attached to an aromatic ring is 1. The number of hydrogen-bond acceptors (Lipinski definition) is 2. The van der Waals surface area contributed by atoms with Crippen LogP contribution in [0.2, 0.25) is 0 Å². The van der Waals surface area contributed by atoms with Crippen LogP contribution >= 0.6 is 0 Å². The molecule has 0 aromatic heterocycles. The molecule has 1 aromatic carbocycles. The summed E-state index contributed by atoms with van der Waals surface area (Å²) in [5, 5.41) is 8.49. The SMILES string of the molecule is Nc1ccccc1C(=O)O.[Zr]. The first-order valence-electron chi connectivity index (χ1n) is 2.79. The Labute approximate surface area is 83.3 Å². The van der Waals surface area contributed by atoms with Crippen LogP contribution in [0.4, 0.5) is 5.69 Å². The zero-order valence-electron chi connectivity index (χ0n) is 5.74. The van der Waals surface area contributed by atoms with Crippen molar-refractivity contribution in [3.8, 4) is 0 Å². The normalized spacial score (nSPS) is 8.36. The molecule has 3 N–H and O–H groups in total. The second kappa shape index (κ2) is 4.29. The van der Waals surface area contributed by atoms with Gasteiger partial charge in [-0.25, -0.2) is 4.79 Å². The Morgan fingerprint density at radius 1 is 1.36 bits per heavy atom. The number of hydrogen-bond donors (Lipinski definition) is 2. The van der Waals surface area contributed by atoms with Gasteiger partial charge in [0.2, 0.25) is 0 Å². The largest absolute Gasteiger partial charge is 0.478 e. The van der Waals surface area contributed by atoms with Gasteiger partial charge in [0, 0.05) is 31.9 Å². The van der Waals surface area contributed by atoms with E-state index in [4.69, 9.17) is 10.8 Å². The molecule has 0 aliphatic heterocycles. The smallest absolute Gasteiger partial charge is 0.337 e. The Morgan fingerprint density at radius 3 is 2.27 bits per heavy atom. The Hall–Kier alpha value is -0.627. The molecular weight excluding hydrogens is 221 g/mol. The molecule has 0 radical (unpaired) electrons. The topological polar surface area (TPSA) is 63.3 Å². The van der Waals surface area contributed by atoms with Crippen molar-refractivity contribution < 1.29 is 36.1 Å². The van der Waals surface area contributed by atoms with Crippen LogP contribution in [-0.4, -0.2) is 11.1 Å². The van der Waals surface area contributed by atoms with Crippen LogP contribution in [0.25, 0.3) is 0 Å². The predicted octanol–water partition coefficient (Wildman–Crippen LogP) is 0.965. The molecule has 4 heteroatoms. The summed E-state index contributed by atoms with van der Waals surface area (Å²) in [6.45, 7) is 0. The molecule has 1 aromatic rings. The van der Waals surface area contributed by atoms with Gasteiger partial charge in [0.05, 0.1) is 5.56 Å². The van der Waals surface area contributed by atoms with E-state index < -0.39 is 5.97 Å². The van der Waals surface area contributed by atoms with E-state index in [-0.39, 0.29) is 31.8 Å². The Balaban J connectivity index is 0.000001000. The molecule has 0 heterocycles. The molecular formula is C7H7NO2Zr. The van der Waals surface area contributed by atoms with Crippen molar-refractivity contribution in [1.29, 1.82) is 0 Å². The molecule has 0 saturated heterocycles. The van der Waals surface area contributed by atoms with Crippen LogP contribution in [0, 0.1) is 0 Å². The third-order valence-electron chi connectivity index (χ3n) is 1.19. The molecule has 0 aliphatic carbocycles. The number of para-hydroxylation sites is 1. The molecule has 0 aliphatic rings. The Morgan fingerprint density at radius 2 is 1.91 bits per heavy atom. The third-order valence-corrected chi connectivity index (χ3v) is 1.19. The van der Waals surface area contributed by atoms with Gasteiger partial charge in [-0.15, -0.1) is 0 Å². The van der Waals surface area contributed by atoms with Crippen LogP contribution in [0.3, 0.4) is 0 Å². The summed E-state index contributed by atoms with van der Waals surface area (Å²) in [5.74, 6) is -0.988. The minimum atomic E-state index is -0.988. The first-order chi connectivity index (χ1) is 4.72. The van der Waals surface area contributed by atoms with Gasteiger partial charge in [-0.05, 0) is 12.1 Å². The van der Waals surface area contributed by atoms with Crippen molar-refractivity contribution >= 4 is 11.7 Å². The number of anilines is 1. The monoisotopic (exact) mass is 227 g/mol. The molecule has 0 amide bonds. The first-order valence-corrected chi connectivity index (χ1v) is 2.79. The van der Waals surface area contributed by atoms with Gasteiger partial charge in [0.15, 0.2) is 0 Å². The molecule has 11 heavy (non-hydrogen) atoms. The summed E-state index contributed by atoms with van der Waals surface area (Å²) in [6.07, 6.45) is 0. The van der Waals surface area contributed by atoms with Gasteiger partial charge in [0.1, 0.15) is 0 Å². The fourth-order valence-corrected chi connectivity index (χ4v) is 0.692. The molecule has 0 saturated carbocycles. The summed E-state index contributed by atoms with van der Waals surface area (Å²) in [6, 6.07) is 6.36. The van der Waals surface area contributed by atoms with E-state index in [1.54, 1.807) is 18.2 Å². The van der Waals surface area contributed by atoms with Gasteiger partial charge in [-0.3, -0.25) is 0 Å². The van der Waals surface area contributed by atoms with Crippen LogP contribution in [-0.2, 0) is 26.2 Å². The van der Waals surface area contributed by atoms with E-state index in [1.165, 1.54) is 6.07 Å². The number of carboxylic acids is 1. The first kappa shape index (κ1) is 10.4. The van der Waals surface area contributed by atoms with Crippen molar-refractivity contribution in [1.82, 2.24) is 0 Å². The number of carboxylic acid groups (broad SMARTS) is 1. The maximum Gasteiger partial charge on any atom is 0.337 e. The van der Waals surface area contributed by atoms with E-state index in [9.17, 15) is 4.79 Å². The molecule has 56 valence electrons. The minimum Gasteiger partial charge on any atom is -0.478 e.